The van der Waals surface area contributed by atoms with Gasteiger partial charge in [-0.2, -0.15) is 0 Å². The van der Waals surface area contributed by atoms with E-state index in [-0.39, 0.29) is 0 Å². The molecule has 0 atom stereocenters. The smallest absolute Gasteiger partial charge is 0.00596 e. The first-order chi connectivity index (χ1) is 4.35. The number of hydrogen-bond donors (Lipinski definition) is 0. The van der Waals surface area contributed by atoms with E-state index in [0.717, 1.165) is 5.92 Å². The van der Waals surface area contributed by atoms with E-state index in [9.17, 15) is 0 Å². The van der Waals surface area contributed by atoms with Gasteiger partial charge in [0.05, 0.1) is 0 Å². The van der Waals surface area contributed by atoms with Crippen LogP contribution in [0.4, 0.5) is 0 Å². The molecule has 0 spiro atoms. The van der Waals surface area contributed by atoms with E-state index in [1.165, 1.54) is 29.0 Å². The summed E-state index contributed by atoms with van der Waals surface area (Å²) in [6.45, 7) is 2.17. The highest BCUT2D eigenvalue weighted by Crippen LogP contribution is 2.29. The topological polar surface area (TPSA) is 0 Å². The Morgan fingerprint density at radius 2 is 2.00 bits per heavy atom. The van der Waals surface area contributed by atoms with Gasteiger partial charge in [0, 0.05) is 5.33 Å². The molecule has 0 heterocycles. The molecule has 1 aliphatic carbocycles. The number of rotatable bonds is 2. The molecule has 1 fully saturated rings. The van der Waals surface area contributed by atoms with Crippen molar-refractivity contribution in [3.05, 3.63) is 0 Å². The van der Waals surface area contributed by atoms with Crippen molar-refractivity contribution in [2.24, 2.45) is 5.92 Å². The minimum Gasteiger partial charge on any atom is -0.0925 e. The van der Waals surface area contributed by atoms with E-state index in [4.69, 9.17) is 0 Å². The molecule has 0 nitrogen and oxygen atoms in total. The third-order valence-corrected chi connectivity index (χ3v) is 3.10. The average Bonchev–Trinajstić information content (AvgIpc) is 2.70. The Kier molecular flexibility index (Phi) is 8.30. The van der Waals surface area contributed by atoms with Crippen LogP contribution in [-0.2, 0) is 0 Å². The molecule has 1 aliphatic rings. The van der Waals surface area contributed by atoms with Gasteiger partial charge in [0.1, 0.15) is 0 Å². The van der Waals surface area contributed by atoms with Gasteiger partial charge in [-0.05, 0) is 29.6 Å². The summed E-state index contributed by atoms with van der Waals surface area (Å²) in [7, 11) is 0. The fourth-order valence-electron chi connectivity index (χ4n) is 0.272. The van der Waals surface area contributed by atoms with Crippen molar-refractivity contribution in [2.75, 3.05) is 9.76 Å². The molecule has 0 aromatic rings. The summed E-state index contributed by atoms with van der Waals surface area (Å²) >= 11 is 5.73. The van der Waals surface area contributed by atoms with Crippen molar-refractivity contribution >= 4 is 38.5 Å². The van der Waals surface area contributed by atoms with Crippen molar-refractivity contribution in [3.8, 4) is 0 Å². The molecule has 0 saturated heterocycles. The van der Waals surface area contributed by atoms with Crippen molar-refractivity contribution in [2.45, 2.75) is 26.2 Å². The summed E-state index contributed by atoms with van der Waals surface area (Å²) in [6.07, 6.45) is 4.23. The summed E-state index contributed by atoms with van der Waals surface area (Å²) in [5, 5.41) is 1.23. The fraction of sp³-hybridized carbons (Fsp3) is 1.00. The van der Waals surface area contributed by atoms with Gasteiger partial charge in [0.15, 0.2) is 0 Å². The van der Waals surface area contributed by atoms with Gasteiger partial charge in [-0.3, -0.25) is 0 Å². The first-order valence-corrected chi connectivity index (χ1v) is 6.11. The molecule has 0 N–H and O–H groups in total. The molecule has 0 aliphatic heterocycles. The lowest BCUT2D eigenvalue weighted by Crippen LogP contribution is -1.66. The second-order valence-corrected chi connectivity index (χ2v) is 4.01. The second-order valence-electron chi connectivity index (χ2n) is 2.29. The lowest BCUT2D eigenvalue weighted by Gasteiger charge is -1.70. The third-order valence-electron chi connectivity index (χ3n) is 1.10. The maximum absolute atomic E-state index is 3.38. The van der Waals surface area contributed by atoms with Gasteiger partial charge in [0.2, 0.25) is 0 Å². The van der Waals surface area contributed by atoms with Gasteiger partial charge in [-0.25, -0.2) is 0 Å². The van der Waals surface area contributed by atoms with Crippen LogP contribution in [0.3, 0.4) is 0 Å². The van der Waals surface area contributed by atoms with Gasteiger partial charge < -0.3 is 0 Å². The quantitative estimate of drug-likeness (QED) is 0.540. The minimum absolute atomic E-state index is 1.05. The fourth-order valence-corrected chi connectivity index (χ4v) is 0.920. The normalized spacial score (nSPS) is 16.3. The molecule has 9 heavy (non-hydrogen) atoms. The molecule has 0 aromatic carbocycles. The van der Waals surface area contributed by atoms with E-state index in [1.54, 1.807) is 0 Å². The molecular weight excluding hydrogens is 291 g/mol. The highest BCUT2D eigenvalue weighted by Gasteiger charge is 2.18. The number of alkyl halides is 2. The van der Waals surface area contributed by atoms with Crippen LogP contribution in [0.25, 0.3) is 0 Å². The van der Waals surface area contributed by atoms with Crippen molar-refractivity contribution in [1.82, 2.24) is 0 Å². The van der Waals surface area contributed by atoms with E-state index >= 15 is 0 Å². The molecule has 56 valence electrons. The number of hydrogen-bond acceptors (Lipinski definition) is 0. The van der Waals surface area contributed by atoms with Crippen LogP contribution in [0.2, 0.25) is 0 Å². The van der Waals surface area contributed by atoms with Crippen LogP contribution in [-0.4, -0.2) is 9.76 Å². The molecule has 1 rings (SSSR count). The first-order valence-electron chi connectivity index (χ1n) is 3.47. The van der Waals surface area contributed by atoms with Crippen LogP contribution in [0.1, 0.15) is 26.2 Å². The largest absolute Gasteiger partial charge is 0.0925 e. The van der Waals surface area contributed by atoms with Crippen LogP contribution in [0.5, 0.6) is 0 Å². The summed E-state index contributed by atoms with van der Waals surface area (Å²) in [5.41, 5.74) is 0. The van der Waals surface area contributed by atoms with Crippen LogP contribution >= 0.6 is 38.5 Å². The Labute approximate surface area is 80.1 Å². The van der Waals surface area contributed by atoms with Crippen molar-refractivity contribution < 1.29 is 0 Å². The number of halogens is 2. The standard InChI is InChI=1S/C4H7Br.C3H7I/c5-3-4-1-2-4;1-2-3-4/h4H,1-3H2;2-3H2,1H3. The molecule has 0 aromatic heterocycles. The highest BCUT2D eigenvalue weighted by atomic mass is 127. The Morgan fingerprint density at radius 3 is 2.00 bits per heavy atom. The van der Waals surface area contributed by atoms with Gasteiger partial charge >= 0.3 is 0 Å². The van der Waals surface area contributed by atoms with Gasteiger partial charge in [-0.1, -0.05) is 45.4 Å². The predicted octanol–water partition coefficient (Wildman–Crippen LogP) is 3.62. The minimum atomic E-state index is 1.05. The average molecular weight is 305 g/mol. The van der Waals surface area contributed by atoms with Gasteiger partial charge in [0.25, 0.3) is 0 Å². The molecule has 0 amide bonds. The molecule has 0 radical (unpaired) electrons. The maximum atomic E-state index is 3.38. The summed E-state index contributed by atoms with van der Waals surface area (Å²) in [6, 6.07) is 0. The first kappa shape index (κ1) is 10.2. The van der Waals surface area contributed by atoms with Crippen LogP contribution < -0.4 is 0 Å². The summed E-state index contributed by atoms with van der Waals surface area (Å²) < 4.78 is 1.29. The summed E-state index contributed by atoms with van der Waals surface area (Å²) in [4.78, 5) is 0. The van der Waals surface area contributed by atoms with Crippen molar-refractivity contribution in [1.29, 1.82) is 0 Å². The zero-order valence-electron chi connectivity index (χ0n) is 5.87. The zero-order chi connectivity index (χ0) is 7.11. The lowest BCUT2D eigenvalue weighted by atomic mass is 10.5. The van der Waals surface area contributed by atoms with E-state index in [0.29, 0.717) is 0 Å². The Hall–Kier alpha value is 1.21. The van der Waals surface area contributed by atoms with Crippen LogP contribution in [0, 0.1) is 5.92 Å². The van der Waals surface area contributed by atoms with Crippen molar-refractivity contribution in [3.63, 3.8) is 0 Å². The SMILES string of the molecule is BrCC1CC1.CCCI. The molecular formula is C7H14BrI. The van der Waals surface area contributed by atoms with Crippen LogP contribution in [0.15, 0.2) is 0 Å². The predicted molar refractivity (Wildman–Crippen MR) is 55.7 cm³/mol. The Morgan fingerprint density at radius 1 is 1.56 bits per heavy atom. The Bertz CT molecular complexity index is 50.9. The monoisotopic (exact) mass is 304 g/mol. The van der Waals surface area contributed by atoms with E-state index in [1.807, 2.05) is 0 Å². The molecule has 1 saturated carbocycles. The maximum Gasteiger partial charge on any atom is 0.00596 e. The molecule has 0 unspecified atom stereocenters. The van der Waals surface area contributed by atoms with E-state index < -0.39 is 0 Å². The third kappa shape index (κ3) is 9.21. The summed E-state index contributed by atoms with van der Waals surface area (Å²) in [5.74, 6) is 1.05. The zero-order valence-corrected chi connectivity index (χ0v) is 9.61. The highest BCUT2D eigenvalue weighted by molar-refractivity contribution is 14.1. The van der Waals surface area contributed by atoms with E-state index in [2.05, 4.69) is 45.4 Å². The molecule has 2 heteroatoms. The molecule has 0 bridgehead atoms. The second kappa shape index (κ2) is 7.32. The lowest BCUT2D eigenvalue weighted by molar-refractivity contribution is 1.01. The Balaban J connectivity index is 0.000000148. The van der Waals surface area contributed by atoms with Gasteiger partial charge in [-0.15, -0.1) is 0 Å².